The molecule has 1 fully saturated rings. The quantitative estimate of drug-likeness (QED) is 0.809. The number of ether oxygens (including phenoxy) is 2. The topological polar surface area (TPSA) is 62.2 Å². The number of rotatable bonds is 2. The predicted octanol–water partition coefficient (Wildman–Crippen LogP) is 1.73. The lowest BCUT2D eigenvalue weighted by atomic mass is 9.58. The Bertz CT molecular complexity index is 754. The highest BCUT2D eigenvalue weighted by atomic mass is 16.5. The number of likely N-dealkylation sites (N-methyl/N-ethyl adjacent to an activating group) is 1. The number of phenolic OH excluding ortho intramolecular Hbond substituents is 1. The Hall–Kier alpha value is -1.98. The van der Waals surface area contributed by atoms with E-state index < -0.39 is 11.5 Å². The summed E-state index contributed by atoms with van der Waals surface area (Å²) >= 11 is 0. The van der Waals surface area contributed by atoms with Crippen molar-refractivity contribution in [3.8, 4) is 11.5 Å². The molecule has 1 aromatic carbocycles. The van der Waals surface area contributed by atoms with E-state index in [2.05, 4.69) is 11.9 Å². The first-order chi connectivity index (χ1) is 11.5. The number of benzene rings is 1. The van der Waals surface area contributed by atoms with Gasteiger partial charge in [-0.15, -0.1) is 0 Å². The highest BCUT2D eigenvalue weighted by Gasteiger charge is 2.51. The van der Waals surface area contributed by atoms with Crippen LogP contribution in [0.5, 0.6) is 11.5 Å². The van der Waals surface area contributed by atoms with Crippen LogP contribution in [0.4, 0.5) is 0 Å². The van der Waals surface area contributed by atoms with Gasteiger partial charge in [-0.05, 0) is 55.8 Å². The molecule has 2 unspecified atom stereocenters. The first-order valence-corrected chi connectivity index (χ1v) is 8.28. The number of methoxy groups -OCH3 is 2. The van der Waals surface area contributed by atoms with Crippen LogP contribution in [0.1, 0.15) is 17.5 Å². The van der Waals surface area contributed by atoms with Crippen LogP contribution in [0.2, 0.25) is 0 Å². The third-order valence-corrected chi connectivity index (χ3v) is 5.82. The Morgan fingerprint density at radius 3 is 2.75 bits per heavy atom. The van der Waals surface area contributed by atoms with E-state index in [0.29, 0.717) is 11.5 Å². The van der Waals surface area contributed by atoms with E-state index in [0.717, 1.165) is 36.1 Å². The van der Waals surface area contributed by atoms with Gasteiger partial charge in [0.1, 0.15) is 11.9 Å². The smallest absolute Gasteiger partial charge is 0.162 e. The van der Waals surface area contributed by atoms with E-state index in [1.54, 1.807) is 14.2 Å². The second-order valence-corrected chi connectivity index (χ2v) is 6.89. The van der Waals surface area contributed by atoms with Gasteiger partial charge >= 0.3 is 0 Å². The molecule has 1 saturated heterocycles. The van der Waals surface area contributed by atoms with Crippen LogP contribution in [0.25, 0.3) is 0 Å². The maximum Gasteiger partial charge on any atom is 0.162 e. The molecule has 2 N–H and O–H groups in total. The number of allylic oxidation sites excluding steroid dienone is 1. The molecule has 0 radical (unpaired) electrons. The zero-order valence-corrected chi connectivity index (χ0v) is 14.2. The molecule has 0 aromatic heterocycles. The number of aliphatic hydroxyl groups excluding tert-OH is 1. The highest BCUT2D eigenvalue weighted by Crippen LogP contribution is 2.56. The fourth-order valence-electron chi connectivity index (χ4n) is 4.63. The van der Waals surface area contributed by atoms with Gasteiger partial charge in [-0.2, -0.15) is 0 Å². The molecule has 2 bridgehead atoms. The molecule has 1 heterocycles. The second kappa shape index (κ2) is 5.26. The summed E-state index contributed by atoms with van der Waals surface area (Å²) < 4.78 is 10.8. The van der Waals surface area contributed by atoms with Crippen LogP contribution < -0.4 is 4.74 Å². The van der Waals surface area contributed by atoms with E-state index in [1.165, 1.54) is 0 Å². The van der Waals surface area contributed by atoms with E-state index in [-0.39, 0.29) is 11.8 Å². The average Bonchev–Trinajstić information content (AvgIpc) is 2.58. The molecule has 1 aliphatic heterocycles. The molecule has 1 aromatic rings. The summed E-state index contributed by atoms with van der Waals surface area (Å²) in [6, 6.07) is 4.10. The van der Waals surface area contributed by atoms with Gasteiger partial charge in [0.2, 0.25) is 0 Å². The van der Waals surface area contributed by atoms with Crippen LogP contribution in [0, 0.1) is 0 Å². The number of aromatic hydroxyl groups is 1. The minimum Gasteiger partial charge on any atom is -0.504 e. The van der Waals surface area contributed by atoms with Crippen LogP contribution >= 0.6 is 0 Å². The van der Waals surface area contributed by atoms with Gasteiger partial charge in [0.25, 0.3) is 0 Å². The summed E-state index contributed by atoms with van der Waals surface area (Å²) in [6.45, 7) is 0.918. The van der Waals surface area contributed by atoms with Gasteiger partial charge in [0.05, 0.1) is 14.2 Å². The molecule has 0 spiro atoms. The summed E-state index contributed by atoms with van der Waals surface area (Å²) in [6.07, 6.45) is 4.82. The number of hydrogen-bond acceptors (Lipinski definition) is 5. The standard InChI is InChI=1S/C19H23NO4/c1-20-7-6-19-10-16(24-3)14(21)9-12(19)13(20)8-11-4-5-15(23-2)18(22)17(11)19/h4-5,9-10,13-14,21-22H,6-8H2,1-3H3/t13?,14-,19?/m0/s1. The van der Waals surface area contributed by atoms with E-state index in [4.69, 9.17) is 9.47 Å². The average molecular weight is 329 g/mol. The van der Waals surface area contributed by atoms with E-state index >= 15 is 0 Å². The van der Waals surface area contributed by atoms with Gasteiger partial charge < -0.3 is 19.7 Å². The van der Waals surface area contributed by atoms with Crippen molar-refractivity contribution in [1.82, 2.24) is 4.90 Å². The molecule has 128 valence electrons. The third kappa shape index (κ3) is 1.88. The van der Waals surface area contributed by atoms with Crippen LogP contribution in [-0.4, -0.2) is 55.1 Å². The SMILES string of the molecule is COC1=CC23CCN(C)C(Cc4ccc(OC)c(O)c42)C3=C[C@@H]1O. The monoisotopic (exact) mass is 329 g/mol. The number of fused-ring (bicyclic) bond motifs is 1. The molecule has 0 saturated carbocycles. The molecule has 5 heteroatoms. The Kier molecular flexibility index (Phi) is 3.41. The van der Waals surface area contributed by atoms with E-state index in [9.17, 15) is 10.2 Å². The van der Waals surface area contributed by atoms with Crippen molar-refractivity contribution in [2.24, 2.45) is 0 Å². The number of nitrogens with zero attached hydrogens (tertiary/aromatic N) is 1. The molecular formula is C19H23NO4. The van der Waals surface area contributed by atoms with Crippen molar-refractivity contribution in [3.05, 3.63) is 46.7 Å². The van der Waals surface area contributed by atoms with Crippen molar-refractivity contribution in [1.29, 1.82) is 0 Å². The molecule has 2 aliphatic carbocycles. The minimum absolute atomic E-state index is 0.201. The molecule has 3 aliphatic rings. The van der Waals surface area contributed by atoms with Crippen molar-refractivity contribution in [2.75, 3.05) is 27.8 Å². The van der Waals surface area contributed by atoms with Gasteiger partial charge in [-0.25, -0.2) is 0 Å². The zero-order valence-electron chi connectivity index (χ0n) is 14.2. The molecule has 5 nitrogen and oxygen atoms in total. The summed E-state index contributed by atoms with van der Waals surface area (Å²) in [5.74, 6) is 1.22. The highest BCUT2D eigenvalue weighted by molar-refractivity contribution is 5.64. The second-order valence-electron chi connectivity index (χ2n) is 6.89. The summed E-state index contributed by atoms with van der Waals surface area (Å²) in [7, 11) is 5.26. The van der Waals surface area contributed by atoms with Gasteiger partial charge in [0, 0.05) is 17.0 Å². The number of likely N-dealkylation sites (tertiary alicyclic amines) is 1. The number of hydrogen-bond donors (Lipinski definition) is 2. The number of piperidine rings is 1. The summed E-state index contributed by atoms with van der Waals surface area (Å²) in [5.41, 5.74) is 2.75. The first kappa shape index (κ1) is 15.5. The molecule has 24 heavy (non-hydrogen) atoms. The largest absolute Gasteiger partial charge is 0.504 e. The molecule has 3 atom stereocenters. The fourth-order valence-corrected chi connectivity index (χ4v) is 4.63. The van der Waals surface area contributed by atoms with Crippen LogP contribution in [0.15, 0.2) is 35.6 Å². The lowest BCUT2D eigenvalue weighted by molar-refractivity contribution is 0.131. The Labute approximate surface area is 141 Å². The van der Waals surface area contributed by atoms with Crippen LogP contribution in [0.3, 0.4) is 0 Å². The number of aliphatic hydroxyl groups is 1. The molecule has 0 amide bonds. The van der Waals surface area contributed by atoms with Gasteiger partial charge in [-0.3, -0.25) is 4.90 Å². The fraction of sp³-hybridized carbons (Fsp3) is 0.474. The van der Waals surface area contributed by atoms with Crippen molar-refractivity contribution >= 4 is 0 Å². The maximum atomic E-state index is 10.9. The van der Waals surface area contributed by atoms with Crippen molar-refractivity contribution in [2.45, 2.75) is 30.4 Å². The Morgan fingerprint density at radius 2 is 2.04 bits per heavy atom. The lowest BCUT2D eigenvalue weighted by Gasteiger charge is -2.53. The number of phenols is 1. The summed E-state index contributed by atoms with van der Waals surface area (Å²) in [4.78, 5) is 2.33. The predicted molar refractivity (Wildman–Crippen MR) is 90.3 cm³/mol. The Balaban J connectivity index is 2.01. The van der Waals surface area contributed by atoms with Gasteiger partial charge in [-0.1, -0.05) is 6.07 Å². The van der Waals surface area contributed by atoms with E-state index in [1.807, 2.05) is 24.3 Å². The van der Waals surface area contributed by atoms with Crippen LogP contribution in [-0.2, 0) is 16.6 Å². The third-order valence-electron chi connectivity index (χ3n) is 5.82. The van der Waals surface area contributed by atoms with Crippen molar-refractivity contribution < 1.29 is 19.7 Å². The lowest BCUT2D eigenvalue weighted by Crippen LogP contribution is -2.54. The van der Waals surface area contributed by atoms with Gasteiger partial charge in [0.15, 0.2) is 11.5 Å². The Morgan fingerprint density at radius 1 is 1.25 bits per heavy atom. The first-order valence-electron chi connectivity index (χ1n) is 8.28. The minimum atomic E-state index is -0.735. The van der Waals surface area contributed by atoms with Crippen molar-refractivity contribution in [3.63, 3.8) is 0 Å². The molecule has 4 rings (SSSR count). The molecular weight excluding hydrogens is 306 g/mol. The normalized spacial score (nSPS) is 31.5. The summed E-state index contributed by atoms with van der Waals surface area (Å²) in [5, 5.41) is 21.3. The zero-order chi connectivity index (χ0) is 17.1. The maximum absolute atomic E-state index is 10.9.